The Hall–Kier alpha value is -1.73. The summed E-state index contributed by atoms with van der Waals surface area (Å²) in [4.78, 5) is 14.0. The van der Waals surface area contributed by atoms with Gasteiger partial charge in [-0.05, 0) is 44.5 Å². The van der Waals surface area contributed by atoms with Gasteiger partial charge >= 0.3 is 6.03 Å². The van der Waals surface area contributed by atoms with Crippen LogP contribution in [0.15, 0.2) is 18.2 Å². The van der Waals surface area contributed by atoms with Gasteiger partial charge in [0.05, 0.1) is 11.6 Å². The van der Waals surface area contributed by atoms with E-state index in [0.29, 0.717) is 18.4 Å². The lowest BCUT2D eigenvalue weighted by atomic mass is 9.92. The highest BCUT2D eigenvalue weighted by Gasteiger charge is 2.31. The van der Waals surface area contributed by atoms with Crippen molar-refractivity contribution in [3.05, 3.63) is 35.4 Å². The van der Waals surface area contributed by atoms with Crippen LogP contribution in [0.25, 0.3) is 0 Å². The van der Waals surface area contributed by atoms with Gasteiger partial charge in [0.25, 0.3) is 0 Å². The number of benzene rings is 1. The molecule has 128 valence electrons. The number of rotatable bonds is 4. The minimum Gasteiger partial charge on any atom is -0.388 e. The summed E-state index contributed by atoms with van der Waals surface area (Å²) in [5.41, 5.74) is -0.562. The zero-order valence-electron chi connectivity index (χ0n) is 13.4. The number of carbonyl (C=O) groups excluding carboxylic acids is 1. The average Bonchev–Trinajstić information content (AvgIpc) is 2.48. The number of carbonyl (C=O) groups is 1. The lowest BCUT2D eigenvalue weighted by Gasteiger charge is -2.36. The molecule has 23 heavy (non-hydrogen) atoms. The summed E-state index contributed by atoms with van der Waals surface area (Å²) in [7, 11) is 1.99. The number of aliphatic hydroxyl groups is 1. The second-order valence-electron chi connectivity index (χ2n) is 6.28. The maximum atomic E-state index is 13.2. The van der Waals surface area contributed by atoms with Crippen LogP contribution in [0.3, 0.4) is 0 Å². The largest absolute Gasteiger partial charge is 0.388 e. The smallest absolute Gasteiger partial charge is 0.315 e. The minimum atomic E-state index is -0.905. The molecule has 0 aliphatic carbocycles. The van der Waals surface area contributed by atoms with Gasteiger partial charge in [-0.1, -0.05) is 0 Å². The van der Waals surface area contributed by atoms with Gasteiger partial charge in [0.2, 0.25) is 0 Å². The van der Waals surface area contributed by atoms with Gasteiger partial charge in [-0.3, -0.25) is 0 Å². The number of piperidine rings is 1. The van der Waals surface area contributed by atoms with Crippen LogP contribution in [0.4, 0.5) is 13.6 Å². The predicted octanol–water partition coefficient (Wildman–Crippen LogP) is 1.78. The number of nitrogens with zero attached hydrogens (tertiary/aromatic N) is 1. The molecule has 0 radical (unpaired) electrons. The summed E-state index contributed by atoms with van der Waals surface area (Å²) < 4.78 is 26.4. The van der Waals surface area contributed by atoms with Crippen LogP contribution in [-0.2, 0) is 0 Å². The zero-order chi connectivity index (χ0) is 17.0. The quantitative estimate of drug-likeness (QED) is 0.790. The monoisotopic (exact) mass is 327 g/mol. The van der Waals surface area contributed by atoms with Gasteiger partial charge in [-0.15, -0.1) is 0 Å². The summed E-state index contributed by atoms with van der Waals surface area (Å²) in [6.45, 7) is 3.34. The van der Waals surface area contributed by atoms with E-state index in [1.807, 2.05) is 7.05 Å². The Labute approximate surface area is 134 Å². The molecule has 0 saturated carbocycles. The third-order valence-electron chi connectivity index (χ3n) is 4.23. The maximum absolute atomic E-state index is 13.2. The molecule has 3 N–H and O–H groups in total. The Bertz CT molecular complexity index is 540. The summed E-state index contributed by atoms with van der Waals surface area (Å²) in [5.74, 6) is -1.37. The number of hydrogen-bond acceptors (Lipinski definition) is 3. The van der Waals surface area contributed by atoms with Gasteiger partial charge in [0.1, 0.15) is 11.6 Å². The van der Waals surface area contributed by atoms with Crippen molar-refractivity contribution < 1.29 is 18.7 Å². The van der Waals surface area contributed by atoms with E-state index in [-0.39, 0.29) is 6.54 Å². The highest BCUT2D eigenvalue weighted by atomic mass is 19.1. The van der Waals surface area contributed by atoms with Crippen molar-refractivity contribution in [1.82, 2.24) is 15.5 Å². The molecule has 2 rings (SSSR count). The molecule has 0 spiro atoms. The van der Waals surface area contributed by atoms with Crippen molar-refractivity contribution in [1.29, 1.82) is 0 Å². The van der Waals surface area contributed by atoms with E-state index in [1.165, 1.54) is 12.1 Å². The standard InChI is InChI=1S/C16H23F2N3O2/c1-11(12-7-13(17)9-14(18)8-12)20-15(22)19-10-16(23)3-5-21(2)6-4-16/h7-9,11,23H,3-6,10H2,1-2H3,(H2,19,20,22)/t11-/m0/s1. The number of likely N-dealkylation sites (tertiary alicyclic amines) is 1. The third-order valence-corrected chi connectivity index (χ3v) is 4.23. The molecule has 7 heteroatoms. The predicted molar refractivity (Wildman–Crippen MR) is 83.0 cm³/mol. The number of urea groups is 1. The number of halogens is 2. The fourth-order valence-corrected chi connectivity index (χ4v) is 2.61. The summed E-state index contributed by atoms with van der Waals surface area (Å²) in [6, 6.07) is 2.12. The van der Waals surface area contributed by atoms with Crippen LogP contribution in [-0.4, -0.2) is 48.3 Å². The number of amides is 2. The topological polar surface area (TPSA) is 64.6 Å². The van der Waals surface area contributed by atoms with Crippen LogP contribution in [0.1, 0.15) is 31.4 Å². The van der Waals surface area contributed by atoms with Crippen molar-refractivity contribution >= 4 is 6.03 Å². The summed E-state index contributed by atoms with van der Waals surface area (Å²) in [6.07, 6.45) is 1.18. The lowest BCUT2D eigenvalue weighted by Crippen LogP contribution is -2.51. The van der Waals surface area contributed by atoms with Gasteiger partial charge in [-0.2, -0.15) is 0 Å². The maximum Gasteiger partial charge on any atom is 0.315 e. The van der Waals surface area contributed by atoms with E-state index < -0.39 is 29.3 Å². The molecule has 2 amide bonds. The number of nitrogens with one attached hydrogen (secondary N) is 2. The van der Waals surface area contributed by atoms with Crippen LogP contribution >= 0.6 is 0 Å². The van der Waals surface area contributed by atoms with E-state index in [2.05, 4.69) is 15.5 Å². The molecule has 0 unspecified atom stereocenters. The Morgan fingerprint density at radius 2 is 1.87 bits per heavy atom. The Morgan fingerprint density at radius 1 is 1.30 bits per heavy atom. The lowest BCUT2D eigenvalue weighted by molar-refractivity contribution is -0.0123. The Kier molecular flexibility index (Phi) is 5.54. The van der Waals surface area contributed by atoms with Crippen molar-refractivity contribution in [2.75, 3.05) is 26.7 Å². The van der Waals surface area contributed by atoms with Crippen molar-refractivity contribution in [2.24, 2.45) is 0 Å². The van der Waals surface area contributed by atoms with Crippen LogP contribution in [0.2, 0.25) is 0 Å². The first kappa shape index (κ1) is 17.6. The van der Waals surface area contributed by atoms with Crippen LogP contribution in [0.5, 0.6) is 0 Å². The van der Waals surface area contributed by atoms with Gasteiger partial charge in [-0.25, -0.2) is 13.6 Å². The molecule has 1 aliphatic heterocycles. The molecule has 1 heterocycles. The first-order chi connectivity index (χ1) is 10.8. The minimum absolute atomic E-state index is 0.150. The molecule has 1 aromatic carbocycles. The number of hydrogen-bond donors (Lipinski definition) is 3. The highest BCUT2D eigenvalue weighted by Crippen LogP contribution is 2.20. The van der Waals surface area contributed by atoms with E-state index >= 15 is 0 Å². The average molecular weight is 327 g/mol. The van der Waals surface area contributed by atoms with Crippen LogP contribution < -0.4 is 10.6 Å². The van der Waals surface area contributed by atoms with Crippen LogP contribution in [0, 0.1) is 11.6 Å². The second-order valence-corrected chi connectivity index (χ2v) is 6.28. The molecule has 0 bridgehead atoms. The zero-order valence-corrected chi connectivity index (χ0v) is 13.4. The summed E-state index contributed by atoms with van der Waals surface area (Å²) in [5, 5.41) is 15.6. The van der Waals surface area contributed by atoms with Gasteiger partial charge in [0.15, 0.2) is 0 Å². The molecule has 1 aromatic rings. The first-order valence-corrected chi connectivity index (χ1v) is 7.69. The van der Waals surface area contributed by atoms with E-state index in [9.17, 15) is 18.7 Å². The molecule has 1 saturated heterocycles. The first-order valence-electron chi connectivity index (χ1n) is 7.69. The highest BCUT2D eigenvalue weighted by molar-refractivity contribution is 5.74. The van der Waals surface area contributed by atoms with Crippen molar-refractivity contribution in [3.63, 3.8) is 0 Å². The molecular weight excluding hydrogens is 304 g/mol. The molecule has 0 aromatic heterocycles. The Balaban J connectivity index is 1.84. The summed E-state index contributed by atoms with van der Waals surface area (Å²) >= 11 is 0. The van der Waals surface area contributed by atoms with E-state index in [1.54, 1.807) is 6.92 Å². The van der Waals surface area contributed by atoms with Crippen molar-refractivity contribution in [3.8, 4) is 0 Å². The third kappa shape index (κ3) is 5.14. The van der Waals surface area contributed by atoms with E-state index in [0.717, 1.165) is 19.2 Å². The van der Waals surface area contributed by atoms with Crippen molar-refractivity contribution in [2.45, 2.75) is 31.4 Å². The molecule has 5 nitrogen and oxygen atoms in total. The fraction of sp³-hybridized carbons (Fsp3) is 0.562. The normalized spacial score (nSPS) is 19.2. The van der Waals surface area contributed by atoms with E-state index in [4.69, 9.17) is 0 Å². The Morgan fingerprint density at radius 3 is 2.43 bits per heavy atom. The molecular formula is C16H23F2N3O2. The molecule has 1 aliphatic rings. The SMILES string of the molecule is C[C@H](NC(=O)NCC1(O)CCN(C)CC1)c1cc(F)cc(F)c1. The van der Waals surface area contributed by atoms with Gasteiger partial charge in [0, 0.05) is 25.7 Å². The second kappa shape index (κ2) is 7.23. The molecule has 1 atom stereocenters. The van der Waals surface area contributed by atoms with Gasteiger partial charge < -0.3 is 20.6 Å². The molecule has 1 fully saturated rings. The fourth-order valence-electron chi connectivity index (χ4n) is 2.61.